The van der Waals surface area contributed by atoms with Crippen LogP contribution in [0.3, 0.4) is 0 Å². The summed E-state index contributed by atoms with van der Waals surface area (Å²) in [7, 11) is 1.77. The molecule has 1 N–H and O–H groups in total. The zero-order valence-corrected chi connectivity index (χ0v) is 10.9. The summed E-state index contributed by atoms with van der Waals surface area (Å²) in [5.41, 5.74) is 4.21. The van der Waals surface area contributed by atoms with Crippen molar-refractivity contribution in [2.75, 3.05) is 12.4 Å². The summed E-state index contributed by atoms with van der Waals surface area (Å²) in [4.78, 5) is 11.8. The second-order valence-corrected chi connectivity index (χ2v) is 4.41. The molecule has 2 rings (SSSR count). The highest BCUT2D eigenvalue weighted by Gasteiger charge is 2.02. The van der Waals surface area contributed by atoms with Gasteiger partial charge in [0.05, 0.1) is 18.4 Å². The Morgan fingerprint density at radius 3 is 2.61 bits per heavy atom. The number of aryl methyl sites for hydroxylation is 2. The Bertz CT molecular complexity index is 617. The summed E-state index contributed by atoms with van der Waals surface area (Å²) in [6.07, 6.45) is 1.66. The van der Waals surface area contributed by atoms with Crippen LogP contribution < -0.4 is 10.9 Å². The molecule has 2 aromatic rings. The van der Waals surface area contributed by atoms with E-state index < -0.39 is 0 Å². The Kier molecular flexibility index (Phi) is 3.46. The van der Waals surface area contributed by atoms with Gasteiger partial charge in [0.25, 0.3) is 5.56 Å². The molecule has 18 heavy (non-hydrogen) atoms. The summed E-state index contributed by atoms with van der Waals surface area (Å²) in [5.74, 6) is 0. The maximum absolute atomic E-state index is 11.8. The maximum atomic E-state index is 11.8. The molecule has 94 valence electrons. The van der Waals surface area contributed by atoms with Gasteiger partial charge in [-0.25, -0.2) is 4.68 Å². The molecule has 1 aromatic carbocycles. The van der Waals surface area contributed by atoms with E-state index in [1.54, 1.807) is 19.3 Å². The fourth-order valence-corrected chi connectivity index (χ4v) is 1.76. The van der Waals surface area contributed by atoms with Crippen LogP contribution >= 0.6 is 0 Å². The molecule has 0 saturated heterocycles. The topological polar surface area (TPSA) is 46.9 Å². The predicted octanol–water partition coefficient (Wildman–Crippen LogP) is 1.95. The predicted molar refractivity (Wildman–Crippen MR) is 73.1 cm³/mol. The van der Waals surface area contributed by atoms with Crippen molar-refractivity contribution >= 4 is 5.69 Å². The van der Waals surface area contributed by atoms with Crippen LogP contribution in [0.4, 0.5) is 5.69 Å². The monoisotopic (exact) mass is 243 g/mol. The van der Waals surface area contributed by atoms with Crippen LogP contribution in [0.15, 0.2) is 35.3 Å². The number of hydrogen-bond acceptors (Lipinski definition) is 3. The van der Waals surface area contributed by atoms with Crippen molar-refractivity contribution in [3.8, 4) is 0 Å². The van der Waals surface area contributed by atoms with E-state index in [1.807, 2.05) is 6.07 Å². The third-order valence-electron chi connectivity index (χ3n) is 3.06. The summed E-state index contributed by atoms with van der Waals surface area (Å²) in [6, 6.07) is 7.74. The summed E-state index contributed by atoms with van der Waals surface area (Å²) in [5, 5.41) is 7.04. The standard InChI is InChI=1S/C14H17N3O/c1-10-4-5-12(6-11(10)2)9-17-14(18)7-13(15-3)8-16-17/h4-8,15H,9H2,1-3H3. The van der Waals surface area contributed by atoms with Crippen molar-refractivity contribution in [3.05, 3.63) is 57.5 Å². The first-order valence-electron chi connectivity index (χ1n) is 5.91. The zero-order chi connectivity index (χ0) is 13.1. The molecule has 0 bridgehead atoms. The van der Waals surface area contributed by atoms with Crippen molar-refractivity contribution in [2.24, 2.45) is 0 Å². The molecule has 1 heterocycles. The molecule has 4 nitrogen and oxygen atoms in total. The number of hydrogen-bond donors (Lipinski definition) is 1. The highest BCUT2D eigenvalue weighted by Crippen LogP contribution is 2.10. The minimum atomic E-state index is -0.0971. The van der Waals surface area contributed by atoms with Crippen molar-refractivity contribution in [1.82, 2.24) is 9.78 Å². The summed E-state index contributed by atoms with van der Waals surface area (Å²) >= 11 is 0. The summed E-state index contributed by atoms with van der Waals surface area (Å²) < 4.78 is 1.46. The molecule has 1 aromatic heterocycles. The van der Waals surface area contributed by atoms with E-state index in [9.17, 15) is 4.79 Å². The lowest BCUT2D eigenvalue weighted by Crippen LogP contribution is -2.22. The van der Waals surface area contributed by atoms with E-state index in [0.29, 0.717) is 6.54 Å². The lowest BCUT2D eigenvalue weighted by atomic mass is 10.1. The van der Waals surface area contributed by atoms with E-state index in [1.165, 1.54) is 15.8 Å². The van der Waals surface area contributed by atoms with Crippen LogP contribution in [-0.2, 0) is 6.54 Å². The van der Waals surface area contributed by atoms with Gasteiger partial charge < -0.3 is 5.32 Å². The van der Waals surface area contributed by atoms with Gasteiger partial charge >= 0.3 is 0 Å². The van der Waals surface area contributed by atoms with Crippen molar-refractivity contribution < 1.29 is 0 Å². The molecule has 0 amide bonds. The molecule has 0 saturated carbocycles. The largest absolute Gasteiger partial charge is 0.387 e. The Hall–Kier alpha value is -2.10. The molecule has 0 unspecified atom stereocenters. The molecular weight excluding hydrogens is 226 g/mol. The molecule has 0 aliphatic rings. The molecule has 0 radical (unpaired) electrons. The van der Waals surface area contributed by atoms with Crippen LogP contribution in [0.1, 0.15) is 16.7 Å². The van der Waals surface area contributed by atoms with E-state index >= 15 is 0 Å². The Morgan fingerprint density at radius 2 is 2.00 bits per heavy atom. The van der Waals surface area contributed by atoms with Gasteiger partial charge in [-0.15, -0.1) is 0 Å². The number of rotatable bonds is 3. The average molecular weight is 243 g/mol. The highest BCUT2D eigenvalue weighted by atomic mass is 16.1. The second kappa shape index (κ2) is 5.04. The van der Waals surface area contributed by atoms with Gasteiger partial charge in [-0.05, 0) is 30.5 Å². The Balaban J connectivity index is 2.28. The molecule has 0 aliphatic carbocycles. The Labute approximate surface area is 106 Å². The van der Waals surface area contributed by atoms with Gasteiger partial charge in [0.15, 0.2) is 0 Å². The van der Waals surface area contributed by atoms with E-state index in [0.717, 1.165) is 11.3 Å². The van der Waals surface area contributed by atoms with Gasteiger partial charge in [0.2, 0.25) is 0 Å². The number of nitrogens with one attached hydrogen (secondary N) is 1. The van der Waals surface area contributed by atoms with Crippen LogP contribution in [0.2, 0.25) is 0 Å². The molecule has 0 atom stereocenters. The maximum Gasteiger partial charge on any atom is 0.269 e. The van der Waals surface area contributed by atoms with E-state index in [-0.39, 0.29) is 5.56 Å². The van der Waals surface area contributed by atoms with E-state index in [2.05, 4.69) is 36.4 Å². The first-order valence-corrected chi connectivity index (χ1v) is 5.91. The smallest absolute Gasteiger partial charge is 0.269 e. The summed E-state index contributed by atoms with van der Waals surface area (Å²) in [6.45, 7) is 4.65. The lowest BCUT2D eigenvalue weighted by molar-refractivity contribution is 0.639. The van der Waals surface area contributed by atoms with E-state index in [4.69, 9.17) is 0 Å². The van der Waals surface area contributed by atoms with Crippen LogP contribution in [0.5, 0.6) is 0 Å². The third kappa shape index (κ3) is 2.59. The quantitative estimate of drug-likeness (QED) is 0.896. The highest BCUT2D eigenvalue weighted by molar-refractivity contribution is 5.37. The minimum absolute atomic E-state index is 0.0971. The fourth-order valence-electron chi connectivity index (χ4n) is 1.76. The van der Waals surface area contributed by atoms with Crippen LogP contribution in [0.25, 0.3) is 0 Å². The van der Waals surface area contributed by atoms with Gasteiger partial charge in [0.1, 0.15) is 0 Å². The van der Waals surface area contributed by atoms with Gasteiger partial charge in [0, 0.05) is 13.1 Å². The van der Waals surface area contributed by atoms with Crippen molar-refractivity contribution in [1.29, 1.82) is 0 Å². The van der Waals surface area contributed by atoms with Crippen LogP contribution in [-0.4, -0.2) is 16.8 Å². The molecule has 4 heteroatoms. The third-order valence-corrected chi connectivity index (χ3v) is 3.06. The normalized spacial score (nSPS) is 10.4. The Morgan fingerprint density at radius 1 is 1.22 bits per heavy atom. The SMILES string of the molecule is CNc1cnn(Cc2ccc(C)c(C)c2)c(=O)c1. The minimum Gasteiger partial charge on any atom is -0.387 e. The van der Waals surface area contributed by atoms with Crippen LogP contribution in [0, 0.1) is 13.8 Å². The number of nitrogens with zero attached hydrogens (tertiary/aromatic N) is 2. The van der Waals surface area contributed by atoms with Crippen molar-refractivity contribution in [2.45, 2.75) is 20.4 Å². The van der Waals surface area contributed by atoms with Gasteiger partial charge in [-0.1, -0.05) is 18.2 Å². The fraction of sp³-hybridized carbons (Fsp3) is 0.286. The number of aromatic nitrogens is 2. The van der Waals surface area contributed by atoms with Gasteiger partial charge in [-0.3, -0.25) is 4.79 Å². The average Bonchev–Trinajstić information content (AvgIpc) is 2.36. The molecular formula is C14H17N3O. The lowest BCUT2D eigenvalue weighted by Gasteiger charge is -2.07. The second-order valence-electron chi connectivity index (χ2n) is 4.41. The number of anilines is 1. The van der Waals surface area contributed by atoms with Crippen molar-refractivity contribution in [3.63, 3.8) is 0 Å². The number of benzene rings is 1. The molecule has 0 fully saturated rings. The first kappa shape index (κ1) is 12.4. The molecule has 0 aliphatic heterocycles. The first-order chi connectivity index (χ1) is 8.60. The zero-order valence-electron chi connectivity index (χ0n) is 10.9. The van der Waals surface area contributed by atoms with Gasteiger partial charge in [-0.2, -0.15) is 5.10 Å². The molecule has 0 spiro atoms.